The maximum Gasteiger partial charge on any atom is 0.348 e. The molecular weight excluding hydrogens is 348 g/mol. The number of phenolic OH excluding ortho intramolecular Hbond substituents is 1. The third-order valence-corrected chi connectivity index (χ3v) is 4.17. The molecule has 1 fully saturated rings. The molecule has 0 unspecified atom stereocenters. The molecule has 9 nitrogen and oxygen atoms in total. The quantitative estimate of drug-likeness (QED) is 0.347. The van der Waals surface area contributed by atoms with Crippen LogP contribution in [-0.2, 0) is 14.3 Å². The van der Waals surface area contributed by atoms with Crippen LogP contribution in [0.4, 0.5) is 0 Å². The van der Waals surface area contributed by atoms with Gasteiger partial charge in [-0.2, -0.15) is 0 Å². The Hall–Kier alpha value is -2.62. The molecule has 9 heteroatoms. The minimum Gasteiger partial charge on any atom is -0.504 e. The van der Waals surface area contributed by atoms with Crippen molar-refractivity contribution >= 4 is 18.0 Å². The first-order chi connectivity index (χ1) is 12.2. The van der Waals surface area contributed by atoms with Crippen LogP contribution in [-0.4, -0.2) is 68.5 Å². The third-order valence-electron chi connectivity index (χ3n) is 4.17. The van der Waals surface area contributed by atoms with Crippen LogP contribution in [0.15, 0.2) is 24.3 Å². The second-order valence-electron chi connectivity index (χ2n) is 6.02. The maximum atomic E-state index is 12.0. The van der Waals surface area contributed by atoms with Gasteiger partial charge in [-0.3, -0.25) is 0 Å². The average Bonchev–Trinajstić information content (AvgIpc) is 2.58. The molecule has 1 aliphatic rings. The number of carboxylic acid groups (broad SMARTS) is 1. The zero-order valence-corrected chi connectivity index (χ0v) is 13.9. The SMILES string of the molecule is COc1cc(/C=C/C(=O)OC2(C(=O)O)C[C@@H](O)C(O)[C@H](O)C2)ccc1O. The van der Waals surface area contributed by atoms with Crippen LogP contribution in [0.2, 0.25) is 0 Å². The number of ether oxygens (including phenoxy) is 2. The molecule has 1 aliphatic carbocycles. The van der Waals surface area contributed by atoms with Crippen LogP contribution >= 0.6 is 0 Å². The molecule has 0 saturated heterocycles. The molecule has 26 heavy (non-hydrogen) atoms. The Morgan fingerprint density at radius 2 is 1.81 bits per heavy atom. The van der Waals surface area contributed by atoms with E-state index in [9.17, 15) is 35.1 Å². The number of rotatable bonds is 5. The molecule has 0 bridgehead atoms. The Balaban J connectivity index is 2.15. The first-order valence-electron chi connectivity index (χ1n) is 7.74. The van der Waals surface area contributed by atoms with Gasteiger partial charge in [-0.25, -0.2) is 9.59 Å². The summed E-state index contributed by atoms with van der Waals surface area (Å²) in [5, 5.41) is 47.9. The number of aliphatic hydroxyl groups excluding tert-OH is 3. The van der Waals surface area contributed by atoms with Crippen LogP contribution in [0, 0.1) is 0 Å². The molecule has 0 aromatic heterocycles. The lowest BCUT2D eigenvalue weighted by Crippen LogP contribution is -2.57. The fourth-order valence-corrected chi connectivity index (χ4v) is 2.75. The Morgan fingerprint density at radius 1 is 1.19 bits per heavy atom. The van der Waals surface area contributed by atoms with Crippen molar-refractivity contribution in [3.05, 3.63) is 29.8 Å². The summed E-state index contributed by atoms with van der Waals surface area (Å²) in [5.41, 5.74) is -1.66. The van der Waals surface area contributed by atoms with Gasteiger partial charge in [0.05, 0.1) is 19.3 Å². The summed E-state index contributed by atoms with van der Waals surface area (Å²) in [6.45, 7) is 0. The van der Waals surface area contributed by atoms with Crippen molar-refractivity contribution < 1.29 is 44.6 Å². The molecule has 1 aromatic rings. The Kier molecular flexibility index (Phi) is 5.86. The van der Waals surface area contributed by atoms with E-state index in [4.69, 9.17) is 9.47 Å². The number of carbonyl (C=O) groups is 2. The number of esters is 1. The third kappa shape index (κ3) is 4.13. The van der Waals surface area contributed by atoms with Gasteiger partial charge in [-0.1, -0.05) is 6.07 Å². The van der Waals surface area contributed by atoms with Crippen LogP contribution in [0.5, 0.6) is 11.5 Å². The number of hydrogen-bond acceptors (Lipinski definition) is 8. The topological polar surface area (TPSA) is 154 Å². The molecule has 0 aliphatic heterocycles. The molecular formula is C17H20O9. The van der Waals surface area contributed by atoms with E-state index in [2.05, 4.69) is 0 Å². The Bertz CT molecular complexity index is 700. The van der Waals surface area contributed by atoms with Crippen molar-refractivity contribution in [3.63, 3.8) is 0 Å². The van der Waals surface area contributed by atoms with Crippen molar-refractivity contribution in [1.29, 1.82) is 0 Å². The summed E-state index contributed by atoms with van der Waals surface area (Å²) < 4.78 is 9.93. The molecule has 2 rings (SSSR count). The Labute approximate surface area is 148 Å². The van der Waals surface area contributed by atoms with E-state index in [1.54, 1.807) is 0 Å². The van der Waals surface area contributed by atoms with Gasteiger partial charge in [-0.15, -0.1) is 0 Å². The van der Waals surface area contributed by atoms with E-state index in [-0.39, 0.29) is 11.5 Å². The fraction of sp³-hybridized carbons (Fsp3) is 0.412. The van der Waals surface area contributed by atoms with Gasteiger partial charge in [0.15, 0.2) is 11.5 Å². The minimum atomic E-state index is -2.15. The zero-order valence-electron chi connectivity index (χ0n) is 13.9. The molecule has 5 N–H and O–H groups in total. The van der Waals surface area contributed by atoms with Crippen molar-refractivity contribution in [2.75, 3.05) is 7.11 Å². The normalized spacial score (nSPS) is 28.7. The average molecular weight is 368 g/mol. The highest BCUT2D eigenvalue weighted by molar-refractivity contribution is 5.90. The van der Waals surface area contributed by atoms with E-state index in [0.717, 1.165) is 6.08 Å². The fourth-order valence-electron chi connectivity index (χ4n) is 2.75. The molecule has 1 aromatic carbocycles. The number of hydrogen-bond donors (Lipinski definition) is 5. The van der Waals surface area contributed by atoms with Gasteiger partial charge >= 0.3 is 11.9 Å². The lowest BCUT2D eigenvalue weighted by molar-refractivity contribution is -0.201. The molecule has 142 valence electrons. The second-order valence-corrected chi connectivity index (χ2v) is 6.02. The van der Waals surface area contributed by atoms with E-state index in [1.807, 2.05) is 0 Å². The standard InChI is InChI=1S/C17H20O9/c1-25-13-6-9(2-4-10(13)18)3-5-14(21)26-17(16(23)24)7-11(19)15(22)12(20)8-17/h2-6,11-12,15,18-20,22H,7-8H2,1H3,(H,23,24)/b5-3+/t11-,12-,15?,17?/m1/s1. The second kappa shape index (κ2) is 7.73. The van der Waals surface area contributed by atoms with Crippen LogP contribution in [0.25, 0.3) is 6.08 Å². The van der Waals surface area contributed by atoms with Crippen molar-refractivity contribution in [2.45, 2.75) is 36.8 Å². The summed E-state index contributed by atoms with van der Waals surface area (Å²) in [6, 6.07) is 4.31. The van der Waals surface area contributed by atoms with Crippen molar-refractivity contribution in [3.8, 4) is 11.5 Å². The van der Waals surface area contributed by atoms with Crippen LogP contribution < -0.4 is 4.74 Å². The lowest BCUT2D eigenvalue weighted by Gasteiger charge is -2.39. The summed E-state index contributed by atoms with van der Waals surface area (Å²) in [4.78, 5) is 23.6. The number of aromatic hydroxyl groups is 1. The van der Waals surface area contributed by atoms with Crippen molar-refractivity contribution in [1.82, 2.24) is 0 Å². The highest BCUT2D eigenvalue weighted by atomic mass is 16.6. The Morgan fingerprint density at radius 3 is 2.35 bits per heavy atom. The molecule has 0 amide bonds. The summed E-state index contributed by atoms with van der Waals surface area (Å²) in [7, 11) is 1.36. The van der Waals surface area contributed by atoms with Gasteiger partial charge in [0, 0.05) is 18.9 Å². The predicted octanol–water partition coefficient (Wildman–Crippen LogP) is -0.343. The smallest absolute Gasteiger partial charge is 0.348 e. The van der Waals surface area contributed by atoms with Gasteiger partial charge < -0.3 is 35.0 Å². The van der Waals surface area contributed by atoms with E-state index in [1.165, 1.54) is 31.4 Å². The van der Waals surface area contributed by atoms with E-state index < -0.39 is 48.7 Å². The summed E-state index contributed by atoms with van der Waals surface area (Å²) >= 11 is 0. The van der Waals surface area contributed by atoms with Gasteiger partial charge in [-0.05, 0) is 23.8 Å². The van der Waals surface area contributed by atoms with Gasteiger partial charge in [0.2, 0.25) is 5.60 Å². The highest BCUT2D eigenvalue weighted by Crippen LogP contribution is 2.33. The molecule has 1 saturated carbocycles. The highest BCUT2D eigenvalue weighted by Gasteiger charge is 2.52. The van der Waals surface area contributed by atoms with Crippen LogP contribution in [0.3, 0.4) is 0 Å². The number of methoxy groups -OCH3 is 1. The largest absolute Gasteiger partial charge is 0.504 e. The minimum absolute atomic E-state index is 0.0826. The van der Waals surface area contributed by atoms with E-state index >= 15 is 0 Å². The molecule has 0 radical (unpaired) electrons. The summed E-state index contributed by atoms with van der Waals surface area (Å²) in [6.07, 6.45) is -3.41. The number of phenols is 1. The first-order valence-corrected chi connectivity index (χ1v) is 7.74. The number of carboxylic acids is 1. The summed E-state index contributed by atoms with van der Waals surface area (Å²) in [5.74, 6) is -2.43. The number of carbonyl (C=O) groups excluding carboxylic acids is 1. The molecule has 2 atom stereocenters. The number of aliphatic hydroxyl groups is 3. The van der Waals surface area contributed by atoms with Gasteiger partial charge in [0.25, 0.3) is 0 Å². The van der Waals surface area contributed by atoms with Crippen LogP contribution in [0.1, 0.15) is 18.4 Å². The monoisotopic (exact) mass is 368 g/mol. The number of benzene rings is 1. The first kappa shape index (κ1) is 19.7. The lowest BCUT2D eigenvalue weighted by atomic mass is 9.79. The number of aliphatic carboxylic acids is 1. The molecule has 0 spiro atoms. The van der Waals surface area contributed by atoms with Gasteiger partial charge in [0.1, 0.15) is 6.10 Å². The van der Waals surface area contributed by atoms with E-state index in [0.29, 0.717) is 5.56 Å². The van der Waals surface area contributed by atoms with Crippen molar-refractivity contribution in [2.24, 2.45) is 0 Å². The zero-order chi connectivity index (χ0) is 19.5. The maximum absolute atomic E-state index is 12.0. The predicted molar refractivity (Wildman–Crippen MR) is 87.4 cm³/mol. The molecule has 0 heterocycles.